The van der Waals surface area contributed by atoms with E-state index >= 15 is 0 Å². The predicted molar refractivity (Wildman–Crippen MR) is 80.8 cm³/mol. The molecule has 2 nitrogen and oxygen atoms in total. The van der Waals surface area contributed by atoms with Crippen LogP contribution in [-0.4, -0.2) is 13.7 Å². The molecule has 0 unspecified atom stereocenters. The standard InChI is InChI=1S/C16H17ClFNO/c1-3-19-10-12-8-11(4-6-15(12)17)14-9-13(18)5-7-16(14)20-2/h4-9,19H,3,10H2,1-2H3. The molecule has 0 bridgehead atoms. The summed E-state index contributed by atoms with van der Waals surface area (Å²) in [7, 11) is 1.58. The Kier molecular flexibility index (Phi) is 4.99. The van der Waals surface area contributed by atoms with E-state index in [-0.39, 0.29) is 5.82 Å². The smallest absolute Gasteiger partial charge is 0.126 e. The number of methoxy groups -OCH3 is 1. The first-order valence-electron chi connectivity index (χ1n) is 6.48. The highest BCUT2D eigenvalue weighted by molar-refractivity contribution is 6.31. The first-order valence-corrected chi connectivity index (χ1v) is 6.86. The quantitative estimate of drug-likeness (QED) is 0.889. The number of benzene rings is 2. The molecule has 0 saturated heterocycles. The Hall–Kier alpha value is -1.58. The van der Waals surface area contributed by atoms with E-state index in [9.17, 15) is 4.39 Å². The third-order valence-corrected chi connectivity index (χ3v) is 3.45. The van der Waals surface area contributed by atoms with E-state index in [0.29, 0.717) is 17.3 Å². The largest absolute Gasteiger partial charge is 0.496 e. The maximum atomic E-state index is 13.5. The van der Waals surface area contributed by atoms with Crippen molar-refractivity contribution in [2.45, 2.75) is 13.5 Å². The Labute approximate surface area is 123 Å². The van der Waals surface area contributed by atoms with Gasteiger partial charge in [0.15, 0.2) is 0 Å². The molecule has 20 heavy (non-hydrogen) atoms. The maximum Gasteiger partial charge on any atom is 0.126 e. The van der Waals surface area contributed by atoms with E-state index in [1.807, 2.05) is 25.1 Å². The van der Waals surface area contributed by atoms with E-state index in [1.54, 1.807) is 13.2 Å². The molecule has 106 valence electrons. The zero-order chi connectivity index (χ0) is 14.5. The fourth-order valence-corrected chi connectivity index (χ4v) is 2.23. The van der Waals surface area contributed by atoms with Gasteiger partial charge in [-0.1, -0.05) is 24.6 Å². The summed E-state index contributed by atoms with van der Waals surface area (Å²) in [4.78, 5) is 0. The summed E-state index contributed by atoms with van der Waals surface area (Å²) in [6.45, 7) is 3.58. The lowest BCUT2D eigenvalue weighted by Gasteiger charge is -2.12. The van der Waals surface area contributed by atoms with Crippen LogP contribution in [0.1, 0.15) is 12.5 Å². The van der Waals surface area contributed by atoms with Crippen LogP contribution in [0.15, 0.2) is 36.4 Å². The summed E-state index contributed by atoms with van der Waals surface area (Å²) < 4.78 is 18.7. The summed E-state index contributed by atoms with van der Waals surface area (Å²) in [5, 5.41) is 3.93. The predicted octanol–water partition coefficient (Wildman–Crippen LogP) is 4.26. The van der Waals surface area contributed by atoms with Crippen LogP contribution < -0.4 is 10.1 Å². The van der Waals surface area contributed by atoms with Crippen LogP contribution in [-0.2, 0) is 6.54 Å². The summed E-state index contributed by atoms with van der Waals surface area (Å²) in [6.07, 6.45) is 0. The molecule has 0 aliphatic carbocycles. The van der Waals surface area contributed by atoms with Crippen LogP contribution in [0.4, 0.5) is 4.39 Å². The Morgan fingerprint density at radius 1 is 1.20 bits per heavy atom. The minimum atomic E-state index is -0.288. The minimum Gasteiger partial charge on any atom is -0.496 e. The molecule has 0 fully saturated rings. The number of nitrogens with one attached hydrogen (secondary N) is 1. The number of hydrogen-bond acceptors (Lipinski definition) is 2. The lowest BCUT2D eigenvalue weighted by Crippen LogP contribution is -2.12. The van der Waals surface area contributed by atoms with Crippen LogP contribution in [0.2, 0.25) is 5.02 Å². The average molecular weight is 294 g/mol. The normalized spacial score (nSPS) is 10.6. The van der Waals surface area contributed by atoms with Crippen molar-refractivity contribution in [2.24, 2.45) is 0 Å². The van der Waals surface area contributed by atoms with E-state index in [4.69, 9.17) is 16.3 Å². The molecule has 0 amide bonds. The highest BCUT2D eigenvalue weighted by atomic mass is 35.5. The van der Waals surface area contributed by atoms with E-state index < -0.39 is 0 Å². The average Bonchev–Trinajstić information content (AvgIpc) is 2.46. The second-order valence-corrected chi connectivity index (χ2v) is 4.84. The fourth-order valence-electron chi connectivity index (χ4n) is 2.04. The molecule has 0 aliphatic heterocycles. The van der Waals surface area contributed by atoms with Gasteiger partial charge in [0.2, 0.25) is 0 Å². The molecule has 4 heteroatoms. The van der Waals surface area contributed by atoms with Gasteiger partial charge in [-0.15, -0.1) is 0 Å². The van der Waals surface area contributed by atoms with Crippen molar-refractivity contribution in [3.05, 3.63) is 52.8 Å². The van der Waals surface area contributed by atoms with Gasteiger partial charge in [0.05, 0.1) is 7.11 Å². The molecule has 0 atom stereocenters. The third kappa shape index (κ3) is 3.30. The Morgan fingerprint density at radius 3 is 2.70 bits per heavy atom. The molecule has 0 radical (unpaired) electrons. The molecule has 0 aliphatic rings. The van der Waals surface area contributed by atoms with Crippen molar-refractivity contribution < 1.29 is 9.13 Å². The zero-order valence-corrected chi connectivity index (χ0v) is 12.3. The number of rotatable bonds is 5. The van der Waals surface area contributed by atoms with Gasteiger partial charge in [-0.3, -0.25) is 0 Å². The van der Waals surface area contributed by atoms with Crippen LogP contribution in [0.3, 0.4) is 0 Å². The lowest BCUT2D eigenvalue weighted by atomic mass is 10.0. The van der Waals surface area contributed by atoms with Crippen molar-refractivity contribution >= 4 is 11.6 Å². The molecule has 0 heterocycles. The first kappa shape index (κ1) is 14.8. The molecule has 0 aromatic heterocycles. The van der Waals surface area contributed by atoms with Gasteiger partial charge in [-0.2, -0.15) is 0 Å². The Balaban J connectivity index is 2.44. The highest BCUT2D eigenvalue weighted by Gasteiger charge is 2.09. The van der Waals surface area contributed by atoms with Crippen LogP contribution in [0, 0.1) is 5.82 Å². The molecule has 2 rings (SSSR count). The summed E-state index contributed by atoms with van der Waals surface area (Å²) in [5.74, 6) is 0.354. The van der Waals surface area contributed by atoms with E-state index in [1.165, 1.54) is 12.1 Å². The second-order valence-electron chi connectivity index (χ2n) is 4.43. The second kappa shape index (κ2) is 6.73. The molecule has 2 aromatic rings. The molecular weight excluding hydrogens is 277 g/mol. The Bertz CT molecular complexity index is 601. The van der Waals surface area contributed by atoms with Gasteiger partial charge in [0.25, 0.3) is 0 Å². The Morgan fingerprint density at radius 2 is 2.00 bits per heavy atom. The SMILES string of the molecule is CCNCc1cc(-c2cc(F)ccc2OC)ccc1Cl. The van der Waals surface area contributed by atoms with Gasteiger partial charge < -0.3 is 10.1 Å². The highest BCUT2D eigenvalue weighted by Crippen LogP contribution is 2.32. The number of ether oxygens (including phenoxy) is 1. The van der Waals surface area contributed by atoms with Crippen molar-refractivity contribution in [1.82, 2.24) is 5.32 Å². The van der Waals surface area contributed by atoms with Crippen molar-refractivity contribution in [3.63, 3.8) is 0 Å². The van der Waals surface area contributed by atoms with Crippen LogP contribution in [0.5, 0.6) is 5.75 Å². The number of halogens is 2. The van der Waals surface area contributed by atoms with Gasteiger partial charge in [0, 0.05) is 17.1 Å². The first-order chi connectivity index (χ1) is 9.65. The third-order valence-electron chi connectivity index (χ3n) is 3.08. The summed E-state index contributed by atoms with van der Waals surface area (Å²) in [5.41, 5.74) is 2.60. The van der Waals surface area contributed by atoms with Gasteiger partial charge >= 0.3 is 0 Å². The van der Waals surface area contributed by atoms with E-state index in [2.05, 4.69) is 5.32 Å². The topological polar surface area (TPSA) is 21.3 Å². The molecule has 0 spiro atoms. The van der Waals surface area contributed by atoms with Crippen molar-refractivity contribution in [1.29, 1.82) is 0 Å². The maximum absolute atomic E-state index is 13.5. The zero-order valence-electron chi connectivity index (χ0n) is 11.5. The molecule has 0 saturated carbocycles. The van der Waals surface area contributed by atoms with Gasteiger partial charge in [-0.25, -0.2) is 4.39 Å². The van der Waals surface area contributed by atoms with Crippen molar-refractivity contribution in [3.8, 4) is 16.9 Å². The lowest BCUT2D eigenvalue weighted by molar-refractivity contribution is 0.415. The fraction of sp³-hybridized carbons (Fsp3) is 0.250. The minimum absolute atomic E-state index is 0.288. The summed E-state index contributed by atoms with van der Waals surface area (Å²) in [6, 6.07) is 10.1. The van der Waals surface area contributed by atoms with Crippen molar-refractivity contribution in [2.75, 3.05) is 13.7 Å². The molecule has 1 N–H and O–H groups in total. The summed E-state index contributed by atoms with van der Waals surface area (Å²) >= 11 is 6.18. The van der Waals surface area contributed by atoms with E-state index in [0.717, 1.165) is 23.2 Å². The van der Waals surface area contributed by atoms with Crippen LogP contribution >= 0.6 is 11.6 Å². The van der Waals surface area contributed by atoms with Gasteiger partial charge in [0.1, 0.15) is 11.6 Å². The number of hydrogen-bond donors (Lipinski definition) is 1. The molecule has 2 aromatic carbocycles. The van der Waals surface area contributed by atoms with Gasteiger partial charge in [-0.05, 0) is 48.0 Å². The molecular formula is C16H17ClFNO. The monoisotopic (exact) mass is 293 g/mol. The van der Waals surface area contributed by atoms with Crippen LogP contribution in [0.25, 0.3) is 11.1 Å².